The number of amides is 2. The lowest BCUT2D eigenvalue weighted by molar-refractivity contribution is -0.153. The summed E-state index contributed by atoms with van der Waals surface area (Å²) >= 11 is 4.50. The van der Waals surface area contributed by atoms with Gasteiger partial charge in [0.15, 0.2) is 5.13 Å². The van der Waals surface area contributed by atoms with Crippen LogP contribution < -0.4 is 15.8 Å². The van der Waals surface area contributed by atoms with E-state index >= 15 is 0 Å². The van der Waals surface area contributed by atoms with Crippen LogP contribution in [0.5, 0.6) is 5.75 Å². The van der Waals surface area contributed by atoms with E-state index in [1.165, 1.54) is 23.8 Å². The molecule has 190 valence electrons. The number of hydrogen-bond donors (Lipinski definition) is 2. The van der Waals surface area contributed by atoms with Gasteiger partial charge in [0.2, 0.25) is 11.5 Å². The molecular formula is C21H21IN6O6S2. The van der Waals surface area contributed by atoms with Crippen molar-refractivity contribution in [3.05, 3.63) is 46.9 Å². The Morgan fingerprint density at radius 1 is 1.31 bits per heavy atom. The zero-order chi connectivity index (χ0) is 25.8. The van der Waals surface area contributed by atoms with E-state index in [0.717, 1.165) is 22.7 Å². The number of nitrogens with two attached hydrogens (primary N) is 1. The minimum atomic E-state index is -0.874. The van der Waals surface area contributed by atoms with Crippen molar-refractivity contribution in [2.75, 3.05) is 30.1 Å². The summed E-state index contributed by atoms with van der Waals surface area (Å²) in [6.45, 7) is 0.0431. The summed E-state index contributed by atoms with van der Waals surface area (Å²) in [4.78, 5) is 49.1. The average Bonchev–Trinajstić information content (AvgIpc) is 3.33. The standard InChI is InChI=1S/C21H21IN6O6S2/c1-32-12-5-3-10(4-6-12)8-34-20(31)15-11(7-22)9-35-19-14(18(30)28(15)19)24-17(29)13(26-33-2)16-25-21(23)36-27-16/h3-6,14,19H,7-9H2,1-2H3,(H,24,29)(H2,23,25,27)/b26-13+/t14-,19-/m1/s1. The lowest BCUT2D eigenvalue weighted by atomic mass is 10.0. The molecule has 0 bridgehead atoms. The van der Waals surface area contributed by atoms with Crippen LogP contribution in [0.4, 0.5) is 5.13 Å². The van der Waals surface area contributed by atoms with Crippen LogP contribution in [0.3, 0.4) is 0 Å². The number of benzene rings is 1. The zero-order valence-electron chi connectivity index (χ0n) is 19.1. The van der Waals surface area contributed by atoms with Crippen LogP contribution in [0.15, 0.2) is 40.7 Å². The molecule has 4 rings (SSSR count). The lowest BCUT2D eigenvalue weighted by Gasteiger charge is -2.49. The van der Waals surface area contributed by atoms with E-state index in [0.29, 0.717) is 15.9 Å². The summed E-state index contributed by atoms with van der Waals surface area (Å²) in [5.74, 6) is -0.516. The van der Waals surface area contributed by atoms with E-state index < -0.39 is 29.2 Å². The number of aromatic nitrogens is 2. The number of alkyl halides is 1. The molecule has 0 aliphatic carbocycles. The highest BCUT2D eigenvalue weighted by molar-refractivity contribution is 14.1. The minimum absolute atomic E-state index is 0.00771. The molecule has 2 aromatic rings. The summed E-state index contributed by atoms with van der Waals surface area (Å²) in [5.41, 5.74) is 7.19. The minimum Gasteiger partial charge on any atom is -0.497 e. The lowest BCUT2D eigenvalue weighted by Crippen LogP contribution is -2.71. The predicted molar refractivity (Wildman–Crippen MR) is 142 cm³/mol. The number of esters is 1. The number of fused-ring (bicyclic) bond motifs is 1. The number of nitrogens with zero attached hydrogens (tertiary/aromatic N) is 4. The van der Waals surface area contributed by atoms with Crippen LogP contribution in [0.1, 0.15) is 11.4 Å². The Morgan fingerprint density at radius 3 is 2.67 bits per heavy atom. The highest BCUT2D eigenvalue weighted by Gasteiger charge is 2.54. The Kier molecular flexibility index (Phi) is 8.30. The molecule has 1 aromatic heterocycles. The summed E-state index contributed by atoms with van der Waals surface area (Å²) < 4.78 is 15.2. The smallest absolute Gasteiger partial charge is 0.355 e. The molecule has 1 aromatic carbocycles. The number of nitrogens with one attached hydrogen (secondary N) is 1. The average molecular weight is 644 g/mol. The predicted octanol–water partition coefficient (Wildman–Crippen LogP) is 1.31. The monoisotopic (exact) mass is 644 g/mol. The first-order chi connectivity index (χ1) is 17.4. The van der Waals surface area contributed by atoms with Gasteiger partial charge in [0.25, 0.3) is 11.8 Å². The Balaban J connectivity index is 1.46. The summed E-state index contributed by atoms with van der Waals surface area (Å²) in [7, 11) is 2.84. The second-order valence-corrected chi connectivity index (χ2v) is 10.1. The number of anilines is 1. The maximum absolute atomic E-state index is 13.1. The Morgan fingerprint density at radius 2 is 2.06 bits per heavy atom. The first-order valence-electron chi connectivity index (χ1n) is 10.4. The molecular weight excluding hydrogens is 623 g/mol. The molecule has 2 amide bonds. The summed E-state index contributed by atoms with van der Waals surface area (Å²) in [6, 6.07) is 6.26. The van der Waals surface area contributed by atoms with Crippen molar-refractivity contribution in [3.8, 4) is 5.75 Å². The maximum atomic E-state index is 13.1. The normalized spacial score (nSPS) is 19.4. The highest BCUT2D eigenvalue weighted by atomic mass is 127. The fraction of sp³-hybridized carbons (Fsp3) is 0.333. The van der Waals surface area contributed by atoms with Gasteiger partial charge >= 0.3 is 5.97 Å². The molecule has 2 atom stereocenters. The number of ether oxygens (including phenoxy) is 2. The number of halogens is 1. The van der Waals surface area contributed by atoms with Crippen LogP contribution in [0.25, 0.3) is 0 Å². The van der Waals surface area contributed by atoms with Gasteiger partial charge in [-0.3, -0.25) is 14.5 Å². The number of carbonyl (C=O) groups is 3. The SMILES string of the molecule is CO/N=C(/C(=O)N[C@@H]1C(=O)N2C(C(=O)OCc3ccc(OC)cc3)=C(CI)CS[C@H]12)c1nsc(N)n1. The molecule has 36 heavy (non-hydrogen) atoms. The Hall–Kier alpha value is -2.92. The van der Waals surface area contributed by atoms with Gasteiger partial charge in [0, 0.05) is 21.7 Å². The third-order valence-electron chi connectivity index (χ3n) is 5.27. The summed E-state index contributed by atoms with van der Waals surface area (Å²) in [6.07, 6.45) is 0. The van der Waals surface area contributed by atoms with Crippen molar-refractivity contribution >= 4 is 74.5 Å². The largest absolute Gasteiger partial charge is 0.497 e. The Labute approximate surface area is 227 Å². The molecule has 1 fully saturated rings. The fourth-order valence-corrected chi connectivity index (χ4v) is 6.31. The second kappa shape index (κ2) is 11.4. The van der Waals surface area contributed by atoms with E-state index in [1.807, 2.05) is 0 Å². The molecule has 2 aliphatic heterocycles. The van der Waals surface area contributed by atoms with Crippen molar-refractivity contribution < 1.29 is 28.7 Å². The van der Waals surface area contributed by atoms with Gasteiger partial charge in [-0.05, 0) is 23.3 Å². The van der Waals surface area contributed by atoms with Crippen molar-refractivity contribution in [3.63, 3.8) is 0 Å². The molecule has 1 saturated heterocycles. The molecule has 12 nitrogen and oxygen atoms in total. The van der Waals surface area contributed by atoms with E-state index in [9.17, 15) is 14.4 Å². The molecule has 3 N–H and O–H groups in total. The number of rotatable bonds is 9. The van der Waals surface area contributed by atoms with Crippen LogP contribution in [0.2, 0.25) is 0 Å². The third kappa shape index (κ3) is 5.27. The van der Waals surface area contributed by atoms with Crippen LogP contribution in [-0.2, 0) is 30.6 Å². The van der Waals surface area contributed by atoms with E-state index in [4.69, 9.17) is 20.0 Å². The van der Waals surface area contributed by atoms with Crippen LogP contribution >= 0.6 is 45.9 Å². The van der Waals surface area contributed by atoms with Gasteiger partial charge in [0.1, 0.15) is 36.6 Å². The van der Waals surface area contributed by atoms with Gasteiger partial charge in [-0.25, -0.2) is 4.79 Å². The molecule has 0 unspecified atom stereocenters. The van der Waals surface area contributed by atoms with Gasteiger partial charge in [-0.2, -0.15) is 9.36 Å². The molecule has 2 aliphatic rings. The van der Waals surface area contributed by atoms with Gasteiger partial charge < -0.3 is 25.4 Å². The van der Waals surface area contributed by atoms with Crippen molar-refractivity contribution in [2.45, 2.75) is 18.0 Å². The van der Waals surface area contributed by atoms with E-state index in [-0.39, 0.29) is 29.0 Å². The van der Waals surface area contributed by atoms with Crippen molar-refractivity contribution in [2.24, 2.45) is 5.16 Å². The number of oxime groups is 1. The van der Waals surface area contributed by atoms with Crippen molar-refractivity contribution in [1.82, 2.24) is 19.6 Å². The molecule has 0 spiro atoms. The van der Waals surface area contributed by atoms with Gasteiger partial charge in [0.05, 0.1) is 7.11 Å². The third-order valence-corrected chi connectivity index (χ3v) is 8.07. The number of hydrogen-bond acceptors (Lipinski definition) is 12. The molecule has 0 saturated carbocycles. The van der Waals surface area contributed by atoms with Crippen LogP contribution in [-0.4, -0.2) is 73.6 Å². The quantitative estimate of drug-likeness (QED) is 0.102. The van der Waals surface area contributed by atoms with Gasteiger partial charge in [-0.15, -0.1) is 11.8 Å². The number of thioether (sulfide) groups is 1. The first kappa shape index (κ1) is 26.2. The van der Waals surface area contributed by atoms with Crippen molar-refractivity contribution in [1.29, 1.82) is 0 Å². The van der Waals surface area contributed by atoms with Crippen LogP contribution in [0, 0.1) is 0 Å². The zero-order valence-corrected chi connectivity index (χ0v) is 22.9. The fourth-order valence-electron chi connectivity index (χ4n) is 3.53. The Bertz CT molecular complexity index is 1230. The maximum Gasteiger partial charge on any atom is 0.355 e. The molecule has 3 heterocycles. The number of nitrogen functional groups attached to an aromatic ring is 1. The molecule has 0 radical (unpaired) electrons. The summed E-state index contributed by atoms with van der Waals surface area (Å²) in [5, 5.41) is 6.02. The van der Waals surface area contributed by atoms with E-state index in [1.54, 1.807) is 31.4 Å². The number of methoxy groups -OCH3 is 1. The van der Waals surface area contributed by atoms with Gasteiger partial charge in [-0.1, -0.05) is 39.9 Å². The highest BCUT2D eigenvalue weighted by Crippen LogP contribution is 2.41. The van der Waals surface area contributed by atoms with E-state index in [2.05, 4.69) is 42.4 Å². The molecule has 15 heteroatoms. The number of carbonyl (C=O) groups excluding carboxylic acids is 3. The first-order valence-corrected chi connectivity index (χ1v) is 13.8. The second-order valence-electron chi connectivity index (χ2n) is 7.45. The number of β-lactam (4-membered cyclic amide) rings is 1. The topological polar surface area (TPSA) is 158 Å².